The van der Waals surface area contributed by atoms with E-state index in [1.807, 2.05) is 6.07 Å². The summed E-state index contributed by atoms with van der Waals surface area (Å²) in [6.07, 6.45) is 2.87. The van der Waals surface area contributed by atoms with Crippen molar-refractivity contribution in [3.8, 4) is 6.07 Å². The Morgan fingerprint density at radius 1 is 1.33 bits per heavy atom. The molecule has 0 saturated heterocycles. The molecule has 1 heterocycles. The normalized spacial score (nSPS) is 10.8. The summed E-state index contributed by atoms with van der Waals surface area (Å²) in [6, 6.07) is 12.2. The Labute approximate surface area is 126 Å². The van der Waals surface area contributed by atoms with Crippen LogP contribution in [0.3, 0.4) is 0 Å². The number of carbonyl (C=O) groups excluding carboxylic acids is 1. The molecule has 1 amide bonds. The van der Waals surface area contributed by atoms with Crippen molar-refractivity contribution in [2.45, 2.75) is 6.54 Å². The standard InChI is InChI=1S/C15H12ClN3O2/c16-12-3-5-13(6-4-12)18-9-11(8-17)15(20)19-10-14-2-1-7-21-14/h1-7,9,18H,10H2,(H,19,20)/b11-9-. The Balaban J connectivity index is 1.94. The van der Waals surface area contributed by atoms with E-state index in [1.54, 1.807) is 36.4 Å². The van der Waals surface area contributed by atoms with Crippen LogP contribution in [0.1, 0.15) is 5.76 Å². The van der Waals surface area contributed by atoms with Crippen molar-refractivity contribution < 1.29 is 9.21 Å². The van der Waals surface area contributed by atoms with Gasteiger partial charge in [-0.25, -0.2) is 0 Å². The van der Waals surface area contributed by atoms with Crippen molar-refractivity contribution >= 4 is 23.2 Å². The lowest BCUT2D eigenvalue weighted by Crippen LogP contribution is -2.24. The van der Waals surface area contributed by atoms with Crippen molar-refractivity contribution in [2.24, 2.45) is 0 Å². The first-order valence-electron chi connectivity index (χ1n) is 6.12. The van der Waals surface area contributed by atoms with Crippen LogP contribution in [0.25, 0.3) is 0 Å². The van der Waals surface area contributed by atoms with Crippen molar-refractivity contribution in [2.75, 3.05) is 5.32 Å². The molecule has 106 valence electrons. The SMILES string of the molecule is N#C/C(=C/Nc1ccc(Cl)cc1)C(=O)NCc1ccco1. The second-order valence-corrected chi connectivity index (χ2v) is 4.52. The van der Waals surface area contributed by atoms with Crippen LogP contribution >= 0.6 is 11.6 Å². The number of rotatable bonds is 5. The number of carbonyl (C=O) groups is 1. The van der Waals surface area contributed by atoms with E-state index >= 15 is 0 Å². The lowest BCUT2D eigenvalue weighted by atomic mass is 10.2. The summed E-state index contributed by atoms with van der Waals surface area (Å²) in [5, 5.41) is 15.1. The van der Waals surface area contributed by atoms with Gasteiger partial charge in [-0.1, -0.05) is 11.6 Å². The van der Waals surface area contributed by atoms with Gasteiger partial charge in [0, 0.05) is 16.9 Å². The molecule has 1 aromatic carbocycles. The van der Waals surface area contributed by atoms with Gasteiger partial charge >= 0.3 is 0 Å². The third kappa shape index (κ3) is 4.41. The molecule has 0 bridgehead atoms. The molecule has 0 fully saturated rings. The maximum atomic E-state index is 11.8. The third-order valence-electron chi connectivity index (χ3n) is 2.60. The number of nitrogens with one attached hydrogen (secondary N) is 2. The fraction of sp³-hybridized carbons (Fsp3) is 0.0667. The minimum atomic E-state index is -0.477. The molecule has 0 spiro atoms. The molecule has 6 heteroatoms. The summed E-state index contributed by atoms with van der Waals surface area (Å²) >= 11 is 5.77. The fourth-order valence-electron chi connectivity index (χ4n) is 1.53. The molecule has 2 rings (SSSR count). The number of anilines is 1. The van der Waals surface area contributed by atoms with Crippen LogP contribution < -0.4 is 10.6 Å². The second-order valence-electron chi connectivity index (χ2n) is 4.08. The molecule has 5 nitrogen and oxygen atoms in total. The van der Waals surface area contributed by atoms with E-state index in [0.717, 1.165) is 5.69 Å². The quantitative estimate of drug-likeness (QED) is 0.657. The summed E-state index contributed by atoms with van der Waals surface area (Å²) in [6.45, 7) is 0.228. The number of amides is 1. The van der Waals surface area contributed by atoms with Crippen LogP contribution in [-0.4, -0.2) is 5.91 Å². The molecule has 0 unspecified atom stereocenters. The summed E-state index contributed by atoms with van der Waals surface area (Å²) in [4.78, 5) is 11.8. The van der Waals surface area contributed by atoms with Crippen molar-refractivity contribution in [1.82, 2.24) is 5.32 Å². The largest absolute Gasteiger partial charge is 0.467 e. The van der Waals surface area contributed by atoms with E-state index in [-0.39, 0.29) is 12.1 Å². The molecule has 0 aliphatic heterocycles. The smallest absolute Gasteiger partial charge is 0.263 e. The van der Waals surface area contributed by atoms with Crippen LogP contribution in [0.2, 0.25) is 5.02 Å². The van der Waals surface area contributed by atoms with Crippen molar-refractivity contribution in [3.05, 3.63) is 65.2 Å². The van der Waals surface area contributed by atoms with E-state index in [2.05, 4.69) is 10.6 Å². The highest BCUT2D eigenvalue weighted by Gasteiger charge is 2.09. The molecule has 0 saturated carbocycles. The van der Waals surface area contributed by atoms with E-state index in [9.17, 15) is 4.79 Å². The topological polar surface area (TPSA) is 78.1 Å². The van der Waals surface area contributed by atoms with Gasteiger partial charge in [-0.15, -0.1) is 0 Å². The van der Waals surface area contributed by atoms with Gasteiger partial charge in [-0.2, -0.15) is 5.26 Å². The monoisotopic (exact) mass is 301 g/mol. The summed E-state index contributed by atoms with van der Waals surface area (Å²) < 4.78 is 5.09. The Hall–Kier alpha value is -2.71. The lowest BCUT2D eigenvalue weighted by molar-refractivity contribution is -0.117. The summed E-state index contributed by atoms with van der Waals surface area (Å²) in [5.74, 6) is 0.140. The summed E-state index contributed by atoms with van der Waals surface area (Å²) in [5.41, 5.74) is 0.697. The predicted molar refractivity (Wildman–Crippen MR) is 79.3 cm³/mol. The Bertz CT molecular complexity index is 670. The number of hydrogen-bond acceptors (Lipinski definition) is 4. The minimum absolute atomic E-state index is 0.0310. The highest BCUT2D eigenvalue weighted by Crippen LogP contribution is 2.13. The zero-order valence-corrected chi connectivity index (χ0v) is 11.7. The molecule has 21 heavy (non-hydrogen) atoms. The van der Waals surface area contributed by atoms with Gasteiger partial charge in [-0.05, 0) is 36.4 Å². The molecule has 2 N–H and O–H groups in total. The van der Waals surface area contributed by atoms with Gasteiger partial charge in [0.05, 0.1) is 12.8 Å². The van der Waals surface area contributed by atoms with E-state index in [4.69, 9.17) is 21.3 Å². The molecule has 1 aromatic heterocycles. The number of halogens is 1. The van der Waals surface area contributed by atoms with Crippen LogP contribution in [0.15, 0.2) is 58.9 Å². The van der Waals surface area contributed by atoms with Crippen LogP contribution in [0.5, 0.6) is 0 Å². The summed E-state index contributed by atoms with van der Waals surface area (Å²) in [7, 11) is 0. The Kier molecular flexibility index (Phi) is 5.02. The van der Waals surface area contributed by atoms with Gasteiger partial charge in [-0.3, -0.25) is 4.79 Å². The Morgan fingerprint density at radius 2 is 2.10 bits per heavy atom. The zero-order valence-electron chi connectivity index (χ0n) is 11.0. The highest BCUT2D eigenvalue weighted by atomic mass is 35.5. The maximum absolute atomic E-state index is 11.8. The van der Waals surface area contributed by atoms with Crippen molar-refractivity contribution in [1.29, 1.82) is 5.26 Å². The lowest BCUT2D eigenvalue weighted by Gasteiger charge is -2.04. The van der Waals surface area contributed by atoms with Gasteiger partial charge in [0.15, 0.2) is 0 Å². The average molecular weight is 302 g/mol. The number of nitrogens with zero attached hydrogens (tertiary/aromatic N) is 1. The Morgan fingerprint density at radius 3 is 2.71 bits per heavy atom. The van der Waals surface area contributed by atoms with E-state index in [1.165, 1.54) is 12.5 Å². The number of hydrogen-bond donors (Lipinski definition) is 2. The molecular formula is C15H12ClN3O2. The van der Waals surface area contributed by atoms with E-state index in [0.29, 0.717) is 10.8 Å². The average Bonchev–Trinajstić information content (AvgIpc) is 3.01. The molecule has 0 atom stereocenters. The van der Waals surface area contributed by atoms with Crippen LogP contribution in [0.4, 0.5) is 5.69 Å². The third-order valence-corrected chi connectivity index (χ3v) is 2.85. The molecule has 0 aliphatic carbocycles. The minimum Gasteiger partial charge on any atom is -0.467 e. The second kappa shape index (κ2) is 7.17. The first kappa shape index (κ1) is 14.7. The number of nitriles is 1. The van der Waals surface area contributed by atoms with E-state index < -0.39 is 5.91 Å². The zero-order chi connectivity index (χ0) is 15.1. The van der Waals surface area contributed by atoms with Crippen LogP contribution in [-0.2, 0) is 11.3 Å². The van der Waals surface area contributed by atoms with Crippen molar-refractivity contribution in [3.63, 3.8) is 0 Å². The molecule has 0 aliphatic rings. The van der Waals surface area contributed by atoms with Gasteiger partial charge in [0.1, 0.15) is 17.4 Å². The number of furan rings is 1. The predicted octanol–water partition coefficient (Wildman–Crippen LogP) is 3.07. The van der Waals surface area contributed by atoms with Gasteiger partial charge in [0.25, 0.3) is 5.91 Å². The maximum Gasteiger partial charge on any atom is 0.263 e. The molecular weight excluding hydrogens is 290 g/mol. The first-order valence-corrected chi connectivity index (χ1v) is 6.50. The first-order chi connectivity index (χ1) is 10.2. The molecule has 0 radical (unpaired) electrons. The highest BCUT2D eigenvalue weighted by molar-refractivity contribution is 6.30. The fourth-order valence-corrected chi connectivity index (χ4v) is 1.65. The van der Waals surface area contributed by atoms with Gasteiger partial charge < -0.3 is 15.1 Å². The van der Waals surface area contributed by atoms with Crippen LogP contribution in [0, 0.1) is 11.3 Å². The number of benzene rings is 1. The molecule has 2 aromatic rings. The van der Waals surface area contributed by atoms with Gasteiger partial charge in [0.2, 0.25) is 0 Å².